The molecule has 0 spiro atoms. The van der Waals surface area contributed by atoms with Gasteiger partial charge in [-0.25, -0.2) is 0 Å². The second-order valence-corrected chi connectivity index (χ2v) is 6.47. The van der Waals surface area contributed by atoms with E-state index in [2.05, 4.69) is 14.6 Å². The first-order valence-electron chi connectivity index (χ1n) is 7.85. The van der Waals surface area contributed by atoms with Gasteiger partial charge in [-0.15, -0.1) is 0 Å². The molecule has 0 amide bonds. The standard InChI is InChI=1S/C18H17N3O3S/c1-24-14-3-4-15-16(11-14)19-8-6-18(15)21-9-7-12-10-13(20-25(22)23)2-5-17(12)21/h2-6,8,10-11,20H,7,9H2,1H3,(H,22,23)/p-1. The van der Waals surface area contributed by atoms with Crippen LogP contribution in [0.1, 0.15) is 5.56 Å². The lowest BCUT2D eigenvalue weighted by atomic mass is 10.1. The van der Waals surface area contributed by atoms with Gasteiger partial charge in [0, 0.05) is 46.8 Å². The first kappa shape index (κ1) is 15.9. The van der Waals surface area contributed by atoms with E-state index in [1.165, 1.54) is 0 Å². The summed E-state index contributed by atoms with van der Waals surface area (Å²) in [7, 11) is 1.64. The predicted molar refractivity (Wildman–Crippen MR) is 98.0 cm³/mol. The zero-order valence-corrected chi connectivity index (χ0v) is 14.4. The van der Waals surface area contributed by atoms with Gasteiger partial charge in [-0.2, -0.15) is 0 Å². The number of nitrogens with one attached hydrogen (secondary N) is 1. The van der Waals surface area contributed by atoms with E-state index >= 15 is 0 Å². The van der Waals surface area contributed by atoms with Gasteiger partial charge in [-0.1, -0.05) is 0 Å². The van der Waals surface area contributed by atoms with Crippen LogP contribution in [-0.2, 0) is 17.7 Å². The Labute approximate surface area is 147 Å². The summed E-state index contributed by atoms with van der Waals surface area (Å²) in [5.41, 5.74) is 4.75. The Bertz CT molecular complexity index is 977. The topological polar surface area (TPSA) is 77.5 Å². The van der Waals surface area contributed by atoms with Gasteiger partial charge in [0.2, 0.25) is 0 Å². The molecule has 4 rings (SSSR count). The van der Waals surface area contributed by atoms with E-state index in [9.17, 15) is 8.76 Å². The van der Waals surface area contributed by atoms with Gasteiger partial charge in [0.05, 0.1) is 18.3 Å². The molecule has 1 aromatic heterocycles. The summed E-state index contributed by atoms with van der Waals surface area (Å²) < 4.78 is 29.3. The molecular weight excluding hydrogens is 338 g/mol. The highest BCUT2D eigenvalue weighted by Gasteiger charge is 2.22. The molecule has 1 aliphatic rings. The first-order valence-corrected chi connectivity index (χ1v) is 8.92. The Morgan fingerprint density at radius 3 is 2.88 bits per heavy atom. The molecule has 7 heteroatoms. The maximum Gasteiger partial charge on any atom is 0.121 e. The molecule has 2 aromatic carbocycles. The van der Waals surface area contributed by atoms with Crippen molar-refractivity contribution in [3.63, 3.8) is 0 Å². The maximum absolute atomic E-state index is 10.8. The maximum atomic E-state index is 10.8. The van der Waals surface area contributed by atoms with Gasteiger partial charge in [0.15, 0.2) is 0 Å². The lowest BCUT2D eigenvalue weighted by molar-refractivity contribution is 0.415. The molecule has 1 atom stereocenters. The number of rotatable bonds is 4. The third kappa shape index (κ3) is 2.92. The minimum atomic E-state index is -2.31. The van der Waals surface area contributed by atoms with Gasteiger partial charge >= 0.3 is 0 Å². The number of pyridine rings is 1. The van der Waals surface area contributed by atoms with Crippen molar-refractivity contribution in [1.29, 1.82) is 0 Å². The van der Waals surface area contributed by atoms with Crippen LogP contribution >= 0.6 is 0 Å². The number of nitrogens with zero attached hydrogens (tertiary/aromatic N) is 2. The largest absolute Gasteiger partial charge is 0.755 e. The number of anilines is 3. The SMILES string of the molecule is COc1ccc2c(N3CCc4cc(NS(=O)[O-])ccc43)ccnc2c1. The summed E-state index contributed by atoms with van der Waals surface area (Å²) in [5.74, 6) is 0.778. The van der Waals surface area contributed by atoms with E-state index in [1.54, 1.807) is 19.4 Å². The molecule has 0 saturated heterocycles. The molecule has 0 saturated carbocycles. The normalized spacial score (nSPS) is 14.4. The van der Waals surface area contributed by atoms with Crippen LogP contribution < -0.4 is 14.4 Å². The summed E-state index contributed by atoms with van der Waals surface area (Å²) in [6.07, 6.45) is 2.65. The van der Waals surface area contributed by atoms with Gasteiger partial charge in [-0.3, -0.25) is 9.19 Å². The van der Waals surface area contributed by atoms with Crippen molar-refractivity contribution in [2.45, 2.75) is 6.42 Å². The van der Waals surface area contributed by atoms with Crippen molar-refractivity contribution >= 4 is 39.2 Å². The Morgan fingerprint density at radius 2 is 2.08 bits per heavy atom. The molecule has 0 radical (unpaired) electrons. The Balaban J connectivity index is 1.76. The average molecular weight is 354 g/mol. The molecule has 2 heterocycles. The molecule has 1 aliphatic heterocycles. The zero-order valence-electron chi connectivity index (χ0n) is 13.6. The summed E-state index contributed by atoms with van der Waals surface area (Å²) in [6, 6.07) is 13.5. The predicted octanol–water partition coefficient (Wildman–Crippen LogP) is 3.14. The van der Waals surface area contributed by atoms with Crippen LogP contribution in [0.2, 0.25) is 0 Å². The minimum Gasteiger partial charge on any atom is -0.755 e. The van der Waals surface area contributed by atoms with Crippen molar-refractivity contribution in [2.24, 2.45) is 0 Å². The molecule has 0 bridgehead atoms. The van der Waals surface area contributed by atoms with Crippen molar-refractivity contribution in [3.8, 4) is 5.75 Å². The lowest BCUT2D eigenvalue weighted by Gasteiger charge is -2.22. The van der Waals surface area contributed by atoms with E-state index in [1.807, 2.05) is 36.4 Å². The number of methoxy groups -OCH3 is 1. The van der Waals surface area contributed by atoms with Gasteiger partial charge in [0.25, 0.3) is 0 Å². The van der Waals surface area contributed by atoms with Crippen molar-refractivity contribution < 1.29 is 13.5 Å². The Morgan fingerprint density at radius 1 is 1.20 bits per heavy atom. The van der Waals surface area contributed by atoms with Crippen LogP contribution in [0.3, 0.4) is 0 Å². The van der Waals surface area contributed by atoms with Gasteiger partial charge in [-0.05, 0) is 48.4 Å². The quantitative estimate of drug-likeness (QED) is 0.728. The van der Waals surface area contributed by atoms with Crippen molar-refractivity contribution in [3.05, 3.63) is 54.2 Å². The van der Waals surface area contributed by atoms with Gasteiger partial charge in [0.1, 0.15) is 5.75 Å². The second-order valence-electron chi connectivity index (χ2n) is 5.80. The third-order valence-electron chi connectivity index (χ3n) is 4.39. The van der Waals surface area contributed by atoms with Gasteiger partial charge < -0.3 is 18.9 Å². The molecule has 3 aromatic rings. The van der Waals surface area contributed by atoms with Crippen LogP contribution in [0.4, 0.5) is 17.1 Å². The van der Waals surface area contributed by atoms with E-state index < -0.39 is 11.3 Å². The number of ether oxygens (including phenoxy) is 1. The number of hydrogen-bond acceptors (Lipinski definition) is 5. The lowest BCUT2D eigenvalue weighted by Crippen LogP contribution is -2.13. The minimum absolute atomic E-state index is 0.582. The fourth-order valence-electron chi connectivity index (χ4n) is 3.29. The Kier molecular flexibility index (Phi) is 4.03. The first-order chi connectivity index (χ1) is 12.2. The molecule has 25 heavy (non-hydrogen) atoms. The highest BCUT2D eigenvalue weighted by molar-refractivity contribution is 7.80. The van der Waals surface area contributed by atoms with Crippen LogP contribution in [-0.4, -0.2) is 27.4 Å². The molecular formula is C18H16N3O3S-. The fraction of sp³-hybridized carbons (Fsp3) is 0.167. The monoisotopic (exact) mass is 354 g/mol. The van der Waals surface area contributed by atoms with Crippen LogP contribution in [0.25, 0.3) is 10.9 Å². The Hall–Kier alpha value is -2.64. The number of benzene rings is 2. The molecule has 1 unspecified atom stereocenters. The molecule has 128 valence electrons. The number of hydrogen-bond donors (Lipinski definition) is 1. The summed E-state index contributed by atoms with van der Waals surface area (Å²) in [5, 5.41) is 1.05. The second kappa shape index (κ2) is 6.34. The molecule has 0 aliphatic carbocycles. The smallest absolute Gasteiger partial charge is 0.121 e. The molecule has 6 nitrogen and oxygen atoms in total. The summed E-state index contributed by atoms with van der Waals surface area (Å²) in [6.45, 7) is 0.838. The molecule has 0 fully saturated rings. The van der Waals surface area contributed by atoms with Crippen LogP contribution in [0.5, 0.6) is 5.75 Å². The third-order valence-corrected chi connectivity index (χ3v) is 4.80. The van der Waals surface area contributed by atoms with Crippen molar-refractivity contribution in [2.75, 3.05) is 23.3 Å². The van der Waals surface area contributed by atoms with Crippen molar-refractivity contribution in [1.82, 2.24) is 4.98 Å². The van der Waals surface area contributed by atoms with E-state index in [4.69, 9.17) is 4.74 Å². The number of fused-ring (bicyclic) bond motifs is 2. The summed E-state index contributed by atoms with van der Waals surface area (Å²) >= 11 is -2.31. The summed E-state index contributed by atoms with van der Waals surface area (Å²) in [4.78, 5) is 6.68. The average Bonchev–Trinajstić information content (AvgIpc) is 3.03. The number of aromatic nitrogens is 1. The molecule has 1 N–H and O–H groups in total. The fourth-order valence-corrected chi connectivity index (χ4v) is 3.61. The van der Waals surface area contributed by atoms with Crippen LogP contribution in [0.15, 0.2) is 48.7 Å². The van der Waals surface area contributed by atoms with E-state index in [0.717, 1.165) is 46.6 Å². The highest BCUT2D eigenvalue weighted by atomic mass is 32.2. The highest BCUT2D eigenvalue weighted by Crippen LogP contribution is 2.39. The van der Waals surface area contributed by atoms with Crippen LogP contribution in [0, 0.1) is 0 Å². The van der Waals surface area contributed by atoms with E-state index in [0.29, 0.717) is 5.69 Å². The van der Waals surface area contributed by atoms with E-state index in [-0.39, 0.29) is 0 Å². The zero-order chi connectivity index (χ0) is 17.4.